The Balaban J connectivity index is 1.63. The molecule has 2 aliphatic carbocycles. The number of anilines is 1. The summed E-state index contributed by atoms with van der Waals surface area (Å²) in [5.41, 5.74) is 0.976. The molecule has 2 N–H and O–H groups in total. The van der Waals surface area contributed by atoms with Crippen LogP contribution >= 0.6 is 0 Å². The predicted molar refractivity (Wildman–Crippen MR) is 75.0 cm³/mol. The molecule has 104 valence electrons. The van der Waals surface area contributed by atoms with Crippen molar-refractivity contribution >= 4 is 11.7 Å². The van der Waals surface area contributed by atoms with E-state index in [1.54, 1.807) is 0 Å². The van der Waals surface area contributed by atoms with Gasteiger partial charge in [-0.3, -0.25) is 9.89 Å². The zero-order valence-corrected chi connectivity index (χ0v) is 11.7. The standard InChI is InChI=1S/C15H23N3O/c1-15(8-3-2-4-9-15)14(19)16-13-10-12(17-18-13)11-6-5-7-11/h10-11H,2-9H2,1H3,(H2,16,17,18,19). The zero-order chi connectivity index (χ0) is 13.3. The number of hydrogen-bond acceptors (Lipinski definition) is 2. The fourth-order valence-corrected chi connectivity index (χ4v) is 3.16. The lowest BCUT2D eigenvalue weighted by Crippen LogP contribution is -2.35. The summed E-state index contributed by atoms with van der Waals surface area (Å²) < 4.78 is 0. The van der Waals surface area contributed by atoms with Gasteiger partial charge in [0.05, 0.1) is 0 Å². The van der Waals surface area contributed by atoms with Crippen LogP contribution in [0.3, 0.4) is 0 Å². The monoisotopic (exact) mass is 261 g/mol. The lowest BCUT2D eigenvalue weighted by Gasteiger charge is -2.31. The van der Waals surface area contributed by atoms with Crippen LogP contribution in [-0.4, -0.2) is 16.1 Å². The molecule has 4 nitrogen and oxygen atoms in total. The molecule has 3 rings (SSSR count). The van der Waals surface area contributed by atoms with Crippen LogP contribution in [0.5, 0.6) is 0 Å². The van der Waals surface area contributed by atoms with E-state index in [0.29, 0.717) is 11.7 Å². The summed E-state index contributed by atoms with van der Waals surface area (Å²) in [7, 11) is 0. The van der Waals surface area contributed by atoms with Crippen LogP contribution in [0.2, 0.25) is 0 Å². The van der Waals surface area contributed by atoms with E-state index in [2.05, 4.69) is 22.4 Å². The van der Waals surface area contributed by atoms with Crippen LogP contribution in [0.1, 0.15) is 69.9 Å². The fourth-order valence-electron chi connectivity index (χ4n) is 3.16. The Morgan fingerprint density at radius 2 is 2.05 bits per heavy atom. The van der Waals surface area contributed by atoms with Gasteiger partial charge in [0.1, 0.15) is 0 Å². The molecule has 2 saturated carbocycles. The van der Waals surface area contributed by atoms with Crippen molar-refractivity contribution in [2.45, 2.75) is 64.2 Å². The molecule has 0 aliphatic heterocycles. The Bertz CT molecular complexity index is 456. The minimum absolute atomic E-state index is 0.138. The Morgan fingerprint density at radius 3 is 2.68 bits per heavy atom. The first-order valence-electron chi connectivity index (χ1n) is 7.54. The molecule has 2 fully saturated rings. The van der Waals surface area contributed by atoms with Gasteiger partial charge in [-0.2, -0.15) is 5.10 Å². The van der Waals surface area contributed by atoms with Crippen LogP contribution in [0.25, 0.3) is 0 Å². The van der Waals surface area contributed by atoms with Crippen LogP contribution < -0.4 is 5.32 Å². The number of carbonyl (C=O) groups is 1. The SMILES string of the molecule is CC1(C(=O)Nc2cc(C3CCC3)[nH]n2)CCCCC1. The average Bonchev–Trinajstić information content (AvgIpc) is 2.76. The molecular weight excluding hydrogens is 238 g/mol. The van der Waals surface area contributed by atoms with Crippen LogP contribution in [0.4, 0.5) is 5.82 Å². The van der Waals surface area contributed by atoms with Gasteiger partial charge in [-0.05, 0) is 25.7 Å². The fraction of sp³-hybridized carbons (Fsp3) is 0.733. The predicted octanol–water partition coefficient (Wildman–Crippen LogP) is 3.59. The summed E-state index contributed by atoms with van der Waals surface area (Å²) in [6.07, 6.45) is 9.38. The molecule has 1 amide bonds. The second-order valence-corrected chi connectivity index (χ2v) is 6.41. The third-order valence-corrected chi connectivity index (χ3v) is 4.89. The van der Waals surface area contributed by atoms with Crippen molar-refractivity contribution in [1.29, 1.82) is 0 Å². The molecule has 0 atom stereocenters. The van der Waals surface area contributed by atoms with Crippen molar-refractivity contribution in [3.8, 4) is 0 Å². The second kappa shape index (κ2) is 4.99. The number of hydrogen-bond donors (Lipinski definition) is 2. The number of amides is 1. The molecule has 2 aliphatic rings. The Labute approximate surface area is 114 Å². The van der Waals surface area contributed by atoms with Crippen molar-refractivity contribution < 1.29 is 4.79 Å². The van der Waals surface area contributed by atoms with Crippen LogP contribution in [-0.2, 0) is 4.79 Å². The second-order valence-electron chi connectivity index (χ2n) is 6.41. The number of aromatic amines is 1. The summed E-state index contributed by atoms with van der Waals surface area (Å²) >= 11 is 0. The molecule has 0 bridgehead atoms. The zero-order valence-electron chi connectivity index (χ0n) is 11.7. The highest BCUT2D eigenvalue weighted by atomic mass is 16.2. The Hall–Kier alpha value is -1.32. The normalized spacial score (nSPS) is 22.8. The quantitative estimate of drug-likeness (QED) is 0.873. The van der Waals surface area contributed by atoms with E-state index in [4.69, 9.17) is 0 Å². The molecule has 0 aromatic carbocycles. The van der Waals surface area contributed by atoms with Crippen molar-refractivity contribution in [3.63, 3.8) is 0 Å². The van der Waals surface area contributed by atoms with E-state index >= 15 is 0 Å². The molecule has 0 spiro atoms. The Kier molecular flexibility index (Phi) is 3.33. The maximum absolute atomic E-state index is 12.4. The summed E-state index contributed by atoms with van der Waals surface area (Å²) in [6.45, 7) is 2.08. The number of rotatable bonds is 3. The molecule has 1 aromatic rings. The number of nitrogens with one attached hydrogen (secondary N) is 2. The largest absolute Gasteiger partial charge is 0.309 e. The average molecular weight is 261 g/mol. The summed E-state index contributed by atoms with van der Waals surface area (Å²) in [6, 6.07) is 2.01. The number of carbonyl (C=O) groups excluding carboxylic acids is 1. The van der Waals surface area contributed by atoms with Gasteiger partial charge >= 0.3 is 0 Å². The molecule has 0 saturated heterocycles. The summed E-state index contributed by atoms with van der Waals surface area (Å²) in [5.74, 6) is 1.46. The molecule has 4 heteroatoms. The van der Waals surface area contributed by atoms with Gasteiger partial charge in [-0.25, -0.2) is 0 Å². The van der Waals surface area contributed by atoms with E-state index in [-0.39, 0.29) is 11.3 Å². The van der Waals surface area contributed by atoms with Gasteiger partial charge in [0.2, 0.25) is 5.91 Å². The third-order valence-electron chi connectivity index (χ3n) is 4.89. The van der Waals surface area contributed by atoms with Crippen molar-refractivity contribution in [1.82, 2.24) is 10.2 Å². The van der Waals surface area contributed by atoms with Gasteiger partial charge in [0, 0.05) is 23.1 Å². The van der Waals surface area contributed by atoms with Gasteiger partial charge in [0.25, 0.3) is 0 Å². The number of nitrogens with zero attached hydrogens (tertiary/aromatic N) is 1. The van der Waals surface area contributed by atoms with Gasteiger partial charge in [-0.15, -0.1) is 0 Å². The van der Waals surface area contributed by atoms with Crippen molar-refractivity contribution in [2.75, 3.05) is 5.32 Å². The van der Waals surface area contributed by atoms with Crippen LogP contribution in [0.15, 0.2) is 6.07 Å². The maximum Gasteiger partial charge on any atom is 0.231 e. The van der Waals surface area contributed by atoms with Crippen molar-refractivity contribution in [2.24, 2.45) is 5.41 Å². The highest BCUT2D eigenvalue weighted by Gasteiger charge is 2.35. The molecule has 1 aromatic heterocycles. The van der Waals surface area contributed by atoms with E-state index in [9.17, 15) is 4.79 Å². The topological polar surface area (TPSA) is 57.8 Å². The third kappa shape index (κ3) is 2.53. The lowest BCUT2D eigenvalue weighted by atomic mass is 9.75. The summed E-state index contributed by atoms with van der Waals surface area (Å²) in [4.78, 5) is 12.4. The first-order chi connectivity index (χ1) is 9.17. The smallest absolute Gasteiger partial charge is 0.231 e. The van der Waals surface area contributed by atoms with E-state index < -0.39 is 0 Å². The number of H-pyrrole nitrogens is 1. The van der Waals surface area contributed by atoms with E-state index in [0.717, 1.165) is 25.7 Å². The molecule has 0 radical (unpaired) electrons. The van der Waals surface area contributed by atoms with Gasteiger partial charge in [0.15, 0.2) is 5.82 Å². The van der Waals surface area contributed by atoms with Crippen molar-refractivity contribution in [3.05, 3.63) is 11.8 Å². The van der Waals surface area contributed by atoms with E-state index in [1.165, 1.54) is 31.4 Å². The lowest BCUT2D eigenvalue weighted by molar-refractivity contribution is -0.126. The van der Waals surface area contributed by atoms with Crippen LogP contribution in [0, 0.1) is 5.41 Å². The highest BCUT2D eigenvalue weighted by Crippen LogP contribution is 2.38. The minimum Gasteiger partial charge on any atom is -0.309 e. The highest BCUT2D eigenvalue weighted by molar-refractivity contribution is 5.94. The molecule has 19 heavy (non-hydrogen) atoms. The van der Waals surface area contributed by atoms with E-state index in [1.807, 2.05) is 6.07 Å². The minimum atomic E-state index is -0.201. The number of aromatic nitrogens is 2. The maximum atomic E-state index is 12.4. The first kappa shape index (κ1) is 12.7. The molecule has 0 unspecified atom stereocenters. The Morgan fingerprint density at radius 1 is 1.32 bits per heavy atom. The van der Waals surface area contributed by atoms with Gasteiger partial charge < -0.3 is 5.32 Å². The first-order valence-corrected chi connectivity index (χ1v) is 7.54. The molecular formula is C15H23N3O. The van der Waals surface area contributed by atoms with Gasteiger partial charge in [-0.1, -0.05) is 32.6 Å². The summed E-state index contributed by atoms with van der Waals surface area (Å²) in [5, 5.41) is 10.3. The molecule has 1 heterocycles.